The average Bonchev–Trinajstić information content (AvgIpc) is 3.59. The van der Waals surface area contributed by atoms with Crippen LogP contribution in [0.25, 0.3) is 0 Å². The van der Waals surface area contributed by atoms with Gasteiger partial charge in [0.2, 0.25) is 5.91 Å². The largest absolute Gasteiger partial charge is 0.459 e. The molecule has 0 saturated carbocycles. The Hall–Kier alpha value is -2.00. The molecule has 8 heteroatoms. The number of esters is 1. The van der Waals surface area contributed by atoms with Crippen LogP contribution in [0.3, 0.4) is 0 Å². The summed E-state index contributed by atoms with van der Waals surface area (Å²) in [5.74, 6) is -0.339. The van der Waals surface area contributed by atoms with Crippen molar-refractivity contribution < 1.29 is 33.6 Å². The molecule has 0 bridgehead atoms. The first kappa shape index (κ1) is 28.6. The van der Waals surface area contributed by atoms with Gasteiger partial charge >= 0.3 is 5.97 Å². The van der Waals surface area contributed by atoms with Gasteiger partial charge in [-0.15, -0.1) is 0 Å². The highest BCUT2D eigenvalue weighted by atomic mass is 16.6. The number of epoxide rings is 1. The predicted molar refractivity (Wildman–Crippen MR) is 136 cm³/mol. The molecule has 0 aromatic carbocycles. The highest BCUT2D eigenvalue weighted by molar-refractivity contribution is 5.87. The fraction of sp³-hybridized carbons (Fsp3) is 0.714. The number of rotatable bonds is 9. The normalized spacial score (nSPS) is 37.9. The fourth-order valence-corrected chi connectivity index (χ4v) is 5.01. The van der Waals surface area contributed by atoms with E-state index < -0.39 is 17.8 Å². The summed E-state index contributed by atoms with van der Waals surface area (Å²) in [6, 6.07) is -0.0872. The first-order chi connectivity index (χ1) is 17.0. The van der Waals surface area contributed by atoms with Gasteiger partial charge in [-0.2, -0.15) is 0 Å². The highest BCUT2D eigenvalue weighted by Gasteiger charge is 2.57. The van der Waals surface area contributed by atoms with Crippen molar-refractivity contribution in [2.45, 2.75) is 115 Å². The van der Waals surface area contributed by atoms with E-state index in [-0.39, 0.29) is 48.3 Å². The van der Waals surface area contributed by atoms with Gasteiger partial charge in [0.15, 0.2) is 0 Å². The molecule has 0 aliphatic carbocycles. The quantitative estimate of drug-likeness (QED) is 0.214. The number of amides is 1. The molecule has 3 heterocycles. The van der Waals surface area contributed by atoms with Crippen LogP contribution in [0.5, 0.6) is 0 Å². The van der Waals surface area contributed by atoms with E-state index in [2.05, 4.69) is 25.2 Å². The van der Waals surface area contributed by atoms with Crippen LogP contribution in [-0.2, 0) is 28.5 Å². The predicted octanol–water partition coefficient (Wildman–Crippen LogP) is 3.38. The van der Waals surface area contributed by atoms with Crippen molar-refractivity contribution in [3.63, 3.8) is 0 Å². The summed E-state index contributed by atoms with van der Waals surface area (Å²) in [5, 5.41) is 13.7. The van der Waals surface area contributed by atoms with E-state index in [4.69, 9.17) is 18.9 Å². The van der Waals surface area contributed by atoms with Crippen LogP contribution in [0.1, 0.15) is 67.2 Å². The molecular weight excluding hydrogens is 462 g/mol. The van der Waals surface area contributed by atoms with Gasteiger partial charge in [0, 0.05) is 19.4 Å². The number of carbonyl (C=O) groups excluding carboxylic acids is 2. The number of aliphatic hydroxyl groups is 1. The first-order valence-electron chi connectivity index (χ1n) is 13.2. The van der Waals surface area contributed by atoms with Gasteiger partial charge in [0.05, 0.1) is 31.0 Å². The second-order valence-electron chi connectivity index (χ2n) is 10.6. The van der Waals surface area contributed by atoms with Gasteiger partial charge in [-0.05, 0) is 52.0 Å². The van der Waals surface area contributed by atoms with Crippen LogP contribution < -0.4 is 5.32 Å². The zero-order valence-electron chi connectivity index (χ0n) is 22.4. The lowest BCUT2D eigenvalue weighted by atomic mass is 9.87. The molecule has 2 N–H and O–H groups in total. The van der Waals surface area contributed by atoms with E-state index in [1.165, 1.54) is 13.0 Å². The van der Waals surface area contributed by atoms with E-state index in [0.29, 0.717) is 6.61 Å². The molecule has 8 nitrogen and oxygen atoms in total. The van der Waals surface area contributed by atoms with E-state index in [0.717, 1.165) is 31.3 Å². The second kappa shape index (κ2) is 12.5. The molecule has 1 amide bonds. The molecule has 3 fully saturated rings. The Morgan fingerprint density at radius 2 is 1.94 bits per heavy atom. The Labute approximate surface area is 215 Å². The summed E-state index contributed by atoms with van der Waals surface area (Å²) < 4.78 is 22.9. The number of hydrogen-bond donors (Lipinski definition) is 2. The fourth-order valence-electron chi connectivity index (χ4n) is 5.01. The van der Waals surface area contributed by atoms with Crippen molar-refractivity contribution in [3.05, 3.63) is 36.0 Å². The Morgan fingerprint density at radius 1 is 1.22 bits per heavy atom. The summed E-state index contributed by atoms with van der Waals surface area (Å²) >= 11 is 0. The number of ether oxygens (including phenoxy) is 4. The Kier molecular flexibility index (Phi) is 9.92. The average molecular weight is 506 g/mol. The Morgan fingerprint density at radius 3 is 2.58 bits per heavy atom. The van der Waals surface area contributed by atoms with Gasteiger partial charge < -0.3 is 29.4 Å². The lowest BCUT2D eigenvalue weighted by Gasteiger charge is -2.39. The van der Waals surface area contributed by atoms with Crippen molar-refractivity contribution >= 4 is 11.9 Å². The molecule has 3 rings (SSSR count). The summed E-state index contributed by atoms with van der Waals surface area (Å²) in [6.45, 7) is 11.9. The van der Waals surface area contributed by atoms with Crippen LogP contribution in [0.4, 0.5) is 0 Å². The molecular formula is C28H43NO7. The van der Waals surface area contributed by atoms with Gasteiger partial charge in [0.25, 0.3) is 0 Å². The number of carbonyl (C=O) groups is 2. The minimum atomic E-state index is -0.640. The van der Waals surface area contributed by atoms with Gasteiger partial charge in [-0.1, -0.05) is 37.6 Å². The van der Waals surface area contributed by atoms with Crippen LogP contribution in [0, 0.1) is 5.92 Å². The third kappa shape index (κ3) is 7.75. The summed E-state index contributed by atoms with van der Waals surface area (Å²) in [7, 11) is 0. The topological polar surface area (TPSA) is 107 Å². The van der Waals surface area contributed by atoms with Crippen molar-refractivity contribution in [2.24, 2.45) is 5.92 Å². The van der Waals surface area contributed by atoms with Crippen molar-refractivity contribution in [2.75, 3.05) is 6.61 Å². The van der Waals surface area contributed by atoms with E-state index in [1.54, 1.807) is 13.0 Å². The van der Waals surface area contributed by atoms with Crippen LogP contribution >= 0.6 is 0 Å². The van der Waals surface area contributed by atoms with Crippen molar-refractivity contribution in [1.82, 2.24) is 5.32 Å². The summed E-state index contributed by atoms with van der Waals surface area (Å²) in [5.41, 5.74) is 0.663. The molecule has 3 saturated heterocycles. The molecule has 9 atom stereocenters. The zero-order chi connectivity index (χ0) is 26.5. The molecule has 3 aliphatic heterocycles. The first-order valence-corrected chi connectivity index (χ1v) is 13.2. The van der Waals surface area contributed by atoms with E-state index in [1.807, 2.05) is 26.0 Å². The molecule has 202 valence electrons. The maximum atomic E-state index is 12.3. The summed E-state index contributed by atoms with van der Waals surface area (Å²) in [6.07, 6.45) is 10.9. The minimum Gasteiger partial charge on any atom is -0.459 e. The smallest absolute Gasteiger partial charge is 0.303 e. The number of allylic oxidation sites excluding steroid dienone is 2. The monoisotopic (exact) mass is 505 g/mol. The van der Waals surface area contributed by atoms with E-state index in [9.17, 15) is 14.7 Å². The van der Waals surface area contributed by atoms with Gasteiger partial charge in [0.1, 0.15) is 23.9 Å². The van der Waals surface area contributed by atoms with Gasteiger partial charge in [-0.3, -0.25) is 9.59 Å². The second-order valence-corrected chi connectivity index (χ2v) is 10.6. The standard InChI is InChI=1S/C28H43NO7/c1-7-22-15-28(16-33-28)27(32)25(36-22)12-9-17(2)8-11-24-18(3)14-23(20(5)35-24)29-26(31)13-10-19(4)34-21(6)30/h8-10,12-13,18-20,22-25,27,32H,7,11,14-16H2,1-6H3,(H,29,31)/b12-9+,13-10-,17-8+/t18?,19?,20?,22-,23?,24+,25?,27-,28?/m1/s1. The SMILES string of the molecule is CC[C@@H]1CC2(CO2)[C@H](O)C(/C=C/C(C)=C/C[C@@H]2OC(C)C(NC(=O)/C=C\C(C)OC(C)=O)CC2C)O1. The van der Waals surface area contributed by atoms with Crippen molar-refractivity contribution in [1.29, 1.82) is 0 Å². The van der Waals surface area contributed by atoms with Crippen LogP contribution in [0.2, 0.25) is 0 Å². The molecule has 6 unspecified atom stereocenters. The Balaban J connectivity index is 1.48. The number of nitrogens with one attached hydrogen (secondary N) is 1. The van der Waals surface area contributed by atoms with E-state index >= 15 is 0 Å². The van der Waals surface area contributed by atoms with Crippen molar-refractivity contribution in [3.8, 4) is 0 Å². The Bertz CT molecular complexity index is 862. The van der Waals surface area contributed by atoms with Crippen LogP contribution in [-0.4, -0.2) is 71.9 Å². The zero-order valence-corrected chi connectivity index (χ0v) is 22.4. The molecule has 0 aromatic heterocycles. The summed E-state index contributed by atoms with van der Waals surface area (Å²) in [4.78, 5) is 23.3. The molecule has 36 heavy (non-hydrogen) atoms. The molecule has 0 aromatic rings. The minimum absolute atomic E-state index is 0.0557. The van der Waals surface area contributed by atoms with Crippen LogP contribution in [0.15, 0.2) is 36.0 Å². The van der Waals surface area contributed by atoms with Gasteiger partial charge in [-0.25, -0.2) is 0 Å². The maximum absolute atomic E-state index is 12.3. The molecule has 0 radical (unpaired) electrons. The lowest BCUT2D eigenvalue weighted by Crippen LogP contribution is -2.50. The molecule has 3 aliphatic rings. The molecule has 1 spiro atoms. The third-order valence-corrected chi connectivity index (χ3v) is 7.38. The number of hydrogen-bond acceptors (Lipinski definition) is 7. The maximum Gasteiger partial charge on any atom is 0.303 e. The number of aliphatic hydroxyl groups excluding tert-OH is 1. The third-order valence-electron chi connectivity index (χ3n) is 7.38. The lowest BCUT2D eigenvalue weighted by molar-refractivity contribution is -0.143. The highest BCUT2D eigenvalue weighted by Crippen LogP contribution is 2.43.